The first-order valence-corrected chi connectivity index (χ1v) is 20.5. The normalized spacial score (nSPS) is 27.8. The van der Waals surface area contributed by atoms with E-state index in [9.17, 15) is 14.7 Å². The van der Waals surface area contributed by atoms with Crippen LogP contribution in [-0.4, -0.2) is 123 Å². The maximum Gasteiger partial charge on any atom is 0.309 e. The van der Waals surface area contributed by atoms with Gasteiger partial charge in [0, 0.05) is 83.7 Å². The number of hydrogen-bond acceptors (Lipinski definition) is 12. The number of rotatable bonds is 15. The lowest BCUT2D eigenvalue weighted by Gasteiger charge is -2.39. The fourth-order valence-electron chi connectivity index (χ4n) is 8.38. The Kier molecular flexibility index (Phi) is 15.2. The number of nitrogens with zero attached hydrogens (tertiary/aromatic N) is 4. The van der Waals surface area contributed by atoms with Crippen molar-refractivity contribution in [3.63, 3.8) is 0 Å². The molecular formula is C41H70N6O6. The molecule has 5 rings (SSSR count). The summed E-state index contributed by atoms with van der Waals surface area (Å²) < 4.78 is 18.8. The molecule has 2 atom stereocenters. The Bertz CT molecular complexity index is 1330. The number of carbonyl (C=O) groups excluding carboxylic acids is 2. The summed E-state index contributed by atoms with van der Waals surface area (Å²) in [6.07, 6.45) is 6.90. The number of carbonyl (C=O) groups is 2. The Morgan fingerprint density at radius 3 is 1.42 bits per heavy atom. The molecule has 4 fully saturated rings. The predicted octanol–water partition coefficient (Wildman–Crippen LogP) is 4.28. The van der Waals surface area contributed by atoms with Crippen molar-refractivity contribution in [3.05, 3.63) is 34.4 Å². The van der Waals surface area contributed by atoms with Gasteiger partial charge in [0.1, 0.15) is 11.2 Å². The molecule has 2 heterocycles. The quantitative estimate of drug-likeness (QED) is 0.223. The van der Waals surface area contributed by atoms with Crippen LogP contribution in [0.1, 0.15) is 114 Å². The topological polar surface area (TPSA) is 119 Å². The summed E-state index contributed by atoms with van der Waals surface area (Å²) in [5.41, 5.74) is 9.73. The van der Waals surface area contributed by atoms with Gasteiger partial charge in [-0.1, -0.05) is 13.8 Å². The van der Waals surface area contributed by atoms with E-state index in [2.05, 4.69) is 77.7 Å². The van der Waals surface area contributed by atoms with E-state index in [0.717, 1.165) is 100 Å². The van der Waals surface area contributed by atoms with Crippen LogP contribution in [0.15, 0.2) is 12.1 Å². The molecule has 53 heavy (non-hydrogen) atoms. The van der Waals surface area contributed by atoms with Gasteiger partial charge in [-0.15, -0.1) is 0 Å². The number of hydrogen-bond donors (Lipinski definition) is 3. The van der Waals surface area contributed by atoms with E-state index < -0.39 is 11.2 Å². The van der Waals surface area contributed by atoms with Gasteiger partial charge in [-0.2, -0.15) is 0 Å². The largest absolute Gasteiger partial charge is 0.454 e. The zero-order valence-corrected chi connectivity index (χ0v) is 33.9. The number of aliphatic hydroxyl groups is 1. The van der Waals surface area contributed by atoms with Crippen LogP contribution in [0.4, 0.5) is 0 Å². The molecule has 12 heteroatoms. The highest BCUT2D eigenvalue weighted by molar-refractivity contribution is 5.74. The molecule has 2 aliphatic carbocycles. The van der Waals surface area contributed by atoms with E-state index >= 15 is 0 Å². The molecule has 2 unspecified atom stereocenters. The third kappa shape index (κ3) is 11.0. The molecule has 2 saturated carbocycles. The lowest BCUT2D eigenvalue weighted by molar-refractivity contribution is -0.168. The second-order valence-electron chi connectivity index (χ2n) is 16.6. The average molecular weight is 743 g/mol. The van der Waals surface area contributed by atoms with Crippen molar-refractivity contribution in [1.82, 2.24) is 30.7 Å². The van der Waals surface area contributed by atoms with E-state index in [-0.39, 0.29) is 36.0 Å². The van der Waals surface area contributed by atoms with Gasteiger partial charge >= 0.3 is 11.9 Å². The monoisotopic (exact) mass is 743 g/mol. The Labute approximate surface area is 319 Å². The van der Waals surface area contributed by atoms with Gasteiger partial charge in [-0.05, 0) is 115 Å². The molecular weight excluding hydrogens is 672 g/mol. The van der Waals surface area contributed by atoms with Crippen molar-refractivity contribution >= 4 is 11.9 Å². The van der Waals surface area contributed by atoms with Crippen LogP contribution in [0.5, 0.6) is 0 Å². The van der Waals surface area contributed by atoms with E-state index in [0.29, 0.717) is 51.6 Å². The fourth-order valence-corrected chi connectivity index (χ4v) is 8.38. The molecule has 2 aliphatic heterocycles. The van der Waals surface area contributed by atoms with Gasteiger partial charge in [-0.25, -0.2) is 10.0 Å². The van der Waals surface area contributed by atoms with E-state index in [1.807, 2.05) is 6.92 Å². The first kappa shape index (κ1) is 42.0. The van der Waals surface area contributed by atoms with E-state index in [1.54, 1.807) is 7.11 Å². The van der Waals surface area contributed by atoms with Gasteiger partial charge in [0.25, 0.3) is 0 Å². The third-order valence-corrected chi connectivity index (χ3v) is 12.8. The van der Waals surface area contributed by atoms with Crippen molar-refractivity contribution in [2.45, 2.75) is 128 Å². The highest BCUT2D eigenvalue weighted by atomic mass is 16.6. The number of methoxy groups -OCH3 is 1. The molecule has 12 nitrogen and oxygen atoms in total. The van der Waals surface area contributed by atoms with Crippen LogP contribution >= 0.6 is 0 Å². The summed E-state index contributed by atoms with van der Waals surface area (Å²) >= 11 is 0. The molecule has 2 saturated heterocycles. The molecule has 4 aliphatic rings. The number of esters is 2. The molecule has 0 spiro atoms. The number of benzene rings is 1. The molecule has 0 bridgehead atoms. The van der Waals surface area contributed by atoms with Gasteiger partial charge in [0.05, 0.1) is 24.0 Å². The molecule has 3 N–H and O–H groups in total. The Morgan fingerprint density at radius 1 is 0.679 bits per heavy atom. The SMILES string of the molecule is CCC(C)(OC(=O)C1CCC(O)CC1)c1cc(CNN2CCN(C)CC2)c(C(C)(CC)OC(=O)C2CCC(OC)CC2)cc1CNN1CCN(C)CC1. The second kappa shape index (κ2) is 19.1. The van der Waals surface area contributed by atoms with E-state index in [4.69, 9.17) is 14.2 Å². The zero-order valence-electron chi connectivity index (χ0n) is 33.9. The number of hydrazine groups is 2. The summed E-state index contributed by atoms with van der Waals surface area (Å²) in [6, 6.07) is 4.46. The van der Waals surface area contributed by atoms with Crippen molar-refractivity contribution in [3.8, 4) is 0 Å². The maximum atomic E-state index is 13.9. The minimum atomic E-state index is -0.882. The molecule has 300 valence electrons. The van der Waals surface area contributed by atoms with Crippen molar-refractivity contribution in [2.75, 3.05) is 73.6 Å². The molecule has 1 aromatic rings. The number of nitrogens with one attached hydrogen (secondary N) is 2. The van der Waals surface area contributed by atoms with Crippen molar-refractivity contribution < 1.29 is 28.9 Å². The highest BCUT2D eigenvalue weighted by Crippen LogP contribution is 2.41. The van der Waals surface area contributed by atoms with Crippen LogP contribution in [-0.2, 0) is 48.1 Å². The maximum absolute atomic E-state index is 13.9. The standard InChI is InChI=1S/C41H70N6O6/c1-8-40(3,52-38(49)30-10-14-34(48)15-11-30)36-26-33(29-43-47-24-20-45(6)21-25-47)37(27-32(36)28-42-46-22-18-44(5)19-23-46)41(4,9-2)53-39(50)31-12-16-35(51-7)17-13-31/h26-27,30-31,34-35,42-43,48H,8-25,28-29H2,1-7H3. The second-order valence-corrected chi connectivity index (χ2v) is 16.6. The first-order valence-electron chi connectivity index (χ1n) is 20.5. The summed E-state index contributed by atoms with van der Waals surface area (Å²) in [6.45, 7) is 17.0. The predicted molar refractivity (Wildman–Crippen MR) is 206 cm³/mol. The van der Waals surface area contributed by atoms with Gasteiger partial charge in [-0.3, -0.25) is 20.4 Å². The zero-order chi connectivity index (χ0) is 38.2. The summed E-state index contributed by atoms with van der Waals surface area (Å²) in [5.74, 6) is -0.667. The van der Waals surface area contributed by atoms with Crippen LogP contribution in [0.25, 0.3) is 0 Å². The minimum Gasteiger partial charge on any atom is -0.454 e. The van der Waals surface area contributed by atoms with Crippen LogP contribution in [0, 0.1) is 11.8 Å². The lowest BCUT2D eigenvalue weighted by Crippen LogP contribution is -2.51. The number of aliphatic hydroxyl groups excluding tert-OH is 1. The van der Waals surface area contributed by atoms with Crippen LogP contribution in [0.3, 0.4) is 0 Å². The Morgan fingerprint density at radius 2 is 1.06 bits per heavy atom. The first-order chi connectivity index (χ1) is 25.4. The fraction of sp³-hybridized carbons (Fsp3) is 0.805. The smallest absolute Gasteiger partial charge is 0.309 e. The Hall–Kier alpha value is -2.16. The Balaban J connectivity index is 1.52. The summed E-state index contributed by atoms with van der Waals surface area (Å²) in [4.78, 5) is 32.4. The van der Waals surface area contributed by atoms with Gasteiger partial charge in [0.2, 0.25) is 0 Å². The molecule has 0 amide bonds. The van der Waals surface area contributed by atoms with Crippen molar-refractivity contribution in [1.29, 1.82) is 0 Å². The summed E-state index contributed by atoms with van der Waals surface area (Å²) in [5, 5.41) is 14.7. The number of piperazine rings is 2. The lowest BCUT2D eigenvalue weighted by atomic mass is 9.80. The highest BCUT2D eigenvalue weighted by Gasteiger charge is 2.40. The number of ether oxygens (including phenoxy) is 3. The van der Waals surface area contributed by atoms with Crippen molar-refractivity contribution in [2.24, 2.45) is 11.8 Å². The minimum absolute atomic E-state index is 0.131. The van der Waals surface area contributed by atoms with Crippen LogP contribution in [0.2, 0.25) is 0 Å². The van der Waals surface area contributed by atoms with Gasteiger partial charge < -0.3 is 29.1 Å². The molecule has 0 aromatic heterocycles. The van der Waals surface area contributed by atoms with Crippen LogP contribution < -0.4 is 10.9 Å². The molecule has 0 radical (unpaired) electrons. The van der Waals surface area contributed by atoms with E-state index in [1.165, 1.54) is 0 Å². The van der Waals surface area contributed by atoms with Gasteiger partial charge in [0.15, 0.2) is 0 Å². The number of likely N-dealkylation sites (N-methyl/N-ethyl adjacent to an activating group) is 2. The molecule has 1 aromatic carbocycles. The average Bonchev–Trinajstić information content (AvgIpc) is 3.17. The summed E-state index contributed by atoms with van der Waals surface area (Å²) in [7, 11) is 6.06. The third-order valence-electron chi connectivity index (χ3n) is 12.8.